The molecule has 0 bridgehead atoms. The lowest BCUT2D eigenvalue weighted by Crippen LogP contribution is -2.40. The van der Waals surface area contributed by atoms with E-state index in [1.54, 1.807) is 12.1 Å². The highest BCUT2D eigenvalue weighted by Gasteiger charge is 2.37. The first-order valence-corrected chi connectivity index (χ1v) is 19.3. The number of aromatic carboxylic acids is 1. The lowest BCUT2D eigenvalue weighted by Gasteiger charge is -2.36. The van der Waals surface area contributed by atoms with Crippen LogP contribution in [0.15, 0.2) is 72.8 Å². The number of hydrogen-bond donors (Lipinski definition) is 4. The smallest absolute Gasteiger partial charge is 0.335 e. The van der Waals surface area contributed by atoms with Crippen LogP contribution in [0.3, 0.4) is 0 Å². The van der Waals surface area contributed by atoms with Gasteiger partial charge in [0, 0.05) is 34.8 Å². The van der Waals surface area contributed by atoms with Crippen molar-refractivity contribution in [1.82, 2.24) is 4.90 Å². The number of anilines is 2. The maximum absolute atomic E-state index is 14.0. The molecule has 7 rings (SSSR count). The van der Waals surface area contributed by atoms with Gasteiger partial charge >= 0.3 is 11.9 Å². The summed E-state index contributed by atoms with van der Waals surface area (Å²) in [5.74, 6) is -2.35. The summed E-state index contributed by atoms with van der Waals surface area (Å²) in [6.45, 7) is 0.727. The number of fused-ring (bicyclic) bond motifs is 1. The Kier molecular flexibility index (Phi) is 10.8. The van der Waals surface area contributed by atoms with Gasteiger partial charge in [-0.1, -0.05) is 36.4 Å². The molecule has 0 saturated heterocycles. The van der Waals surface area contributed by atoms with Crippen LogP contribution in [0.25, 0.3) is 0 Å². The number of carboxylic acids is 2. The maximum Gasteiger partial charge on any atom is 0.335 e. The Morgan fingerprint density at radius 2 is 1.37 bits per heavy atom. The summed E-state index contributed by atoms with van der Waals surface area (Å²) in [5, 5.41) is 25.4. The molecule has 9 nitrogen and oxygen atoms in total. The van der Waals surface area contributed by atoms with Gasteiger partial charge in [0.25, 0.3) is 11.8 Å². The van der Waals surface area contributed by atoms with Gasteiger partial charge in [-0.15, -0.1) is 11.3 Å². The van der Waals surface area contributed by atoms with Crippen molar-refractivity contribution in [3.63, 3.8) is 0 Å². The first-order chi connectivity index (χ1) is 25.2. The van der Waals surface area contributed by atoms with Crippen LogP contribution in [-0.2, 0) is 37.0 Å². The number of carbonyl (C=O) groups excluding carboxylic acids is 2. The zero-order valence-corrected chi connectivity index (χ0v) is 30.1. The number of hydrogen-bond acceptors (Lipinski definition) is 6. The minimum absolute atomic E-state index is 0.234. The average Bonchev–Trinajstić information content (AvgIpc) is 3.93. The molecule has 0 atom stereocenters. The van der Waals surface area contributed by atoms with Crippen LogP contribution in [0, 0.1) is 5.92 Å². The van der Waals surface area contributed by atoms with E-state index in [2.05, 4.69) is 21.6 Å². The Morgan fingerprint density at radius 3 is 2.08 bits per heavy atom. The molecular weight excluding hydrogens is 675 g/mol. The fraction of sp³-hybridized carbons (Fsp3) is 0.381. The van der Waals surface area contributed by atoms with Gasteiger partial charge in [-0.2, -0.15) is 0 Å². The van der Waals surface area contributed by atoms with Crippen molar-refractivity contribution in [1.29, 1.82) is 0 Å². The molecule has 0 aliphatic heterocycles. The van der Waals surface area contributed by atoms with Crippen molar-refractivity contribution in [2.24, 2.45) is 5.92 Å². The van der Waals surface area contributed by atoms with Gasteiger partial charge < -0.3 is 20.8 Å². The van der Waals surface area contributed by atoms with Crippen LogP contribution >= 0.6 is 11.3 Å². The second-order valence-electron chi connectivity index (χ2n) is 14.5. The molecule has 0 spiro atoms. The summed E-state index contributed by atoms with van der Waals surface area (Å²) in [4.78, 5) is 54.1. The van der Waals surface area contributed by atoms with E-state index in [9.17, 15) is 29.4 Å². The second-order valence-corrected chi connectivity index (χ2v) is 15.6. The summed E-state index contributed by atoms with van der Waals surface area (Å²) in [7, 11) is 0. The molecule has 2 amide bonds. The number of rotatable bonds is 13. The van der Waals surface area contributed by atoms with E-state index in [0.717, 1.165) is 97.9 Å². The Hall–Kier alpha value is -4.80. The van der Waals surface area contributed by atoms with Gasteiger partial charge in [0.1, 0.15) is 5.00 Å². The number of carbonyl (C=O) groups is 4. The number of nitrogens with zero attached hydrogens (tertiary/aromatic N) is 1. The van der Waals surface area contributed by atoms with E-state index in [1.807, 2.05) is 54.6 Å². The Balaban J connectivity index is 1.03. The summed E-state index contributed by atoms with van der Waals surface area (Å²) in [6.07, 6.45) is 10.7. The summed E-state index contributed by atoms with van der Waals surface area (Å²) < 4.78 is 0. The lowest BCUT2D eigenvalue weighted by atomic mass is 9.85. The van der Waals surface area contributed by atoms with Crippen LogP contribution in [0.1, 0.15) is 110 Å². The van der Waals surface area contributed by atoms with E-state index in [4.69, 9.17) is 0 Å². The van der Waals surface area contributed by atoms with E-state index in [1.165, 1.54) is 11.3 Å². The van der Waals surface area contributed by atoms with Gasteiger partial charge in [-0.3, -0.25) is 19.3 Å². The Labute approximate surface area is 308 Å². The highest BCUT2D eigenvalue weighted by atomic mass is 32.1. The largest absolute Gasteiger partial charge is 0.481 e. The molecule has 52 heavy (non-hydrogen) atoms. The molecular formula is C42H45N3O6S. The molecule has 1 aromatic heterocycles. The molecule has 10 heteroatoms. The first-order valence-electron chi connectivity index (χ1n) is 18.5. The van der Waals surface area contributed by atoms with Crippen molar-refractivity contribution >= 4 is 45.8 Å². The molecule has 3 aliphatic rings. The molecule has 3 aromatic carbocycles. The van der Waals surface area contributed by atoms with Crippen LogP contribution < -0.4 is 10.6 Å². The predicted molar refractivity (Wildman–Crippen MR) is 203 cm³/mol. The predicted octanol–water partition coefficient (Wildman–Crippen LogP) is 8.22. The fourth-order valence-electron chi connectivity index (χ4n) is 7.81. The van der Waals surface area contributed by atoms with Crippen LogP contribution in [0.2, 0.25) is 0 Å². The van der Waals surface area contributed by atoms with Crippen LogP contribution in [-0.4, -0.2) is 50.9 Å². The second kappa shape index (κ2) is 15.8. The molecule has 4 N–H and O–H groups in total. The standard InChI is InChI=1S/C42H45N3O6S/c46-38(31-7-3-6-28(23-31)25-45(34-21-22-34)33-19-17-30(18-20-33)42(50)51)44-40-37(35-9-1-2-10-36(35)52-40)39(47)43-32-8-4-5-27(24-32)12-11-26-13-15-29(16-14-26)41(48)49/h3-8,13-16,23-24,30,33-34H,1-2,9-12,17-22,25H2,(H,43,47)(H,44,46)(H,48,49)(H,50,51). The maximum atomic E-state index is 14.0. The van der Waals surface area contributed by atoms with Gasteiger partial charge in [0.2, 0.25) is 0 Å². The number of amides is 2. The molecule has 4 aromatic rings. The minimum Gasteiger partial charge on any atom is -0.481 e. The SMILES string of the molecule is O=C(O)c1ccc(CCc2cccc(NC(=O)c3c(NC(=O)c4cccc(CN(C5CCC(C(=O)O)CC5)C5CC5)c4)sc4c3CCCC4)c2)cc1. The highest BCUT2D eigenvalue weighted by Crippen LogP contribution is 2.40. The number of carboxylic acid groups (broad SMARTS) is 2. The third-order valence-corrected chi connectivity index (χ3v) is 12.0. The van der Waals surface area contributed by atoms with E-state index in [0.29, 0.717) is 46.7 Å². The fourth-order valence-corrected chi connectivity index (χ4v) is 9.09. The molecule has 270 valence electrons. The molecule has 1 heterocycles. The third-order valence-electron chi connectivity index (χ3n) is 10.8. The van der Waals surface area contributed by atoms with Gasteiger partial charge in [0.15, 0.2) is 0 Å². The van der Waals surface area contributed by atoms with E-state index < -0.39 is 11.9 Å². The quantitative estimate of drug-likeness (QED) is 0.109. The van der Waals surface area contributed by atoms with Crippen molar-refractivity contribution in [3.05, 3.63) is 117 Å². The van der Waals surface area contributed by atoms with Gasteiger partial charge in [0.05, 0.1) is 17.0 Å². The zero-order valence-electron chi connectivity index (χ0n) is 29.2. The zero-order chi connectivity index (χ0) is 36.2. The molecule has 2 saturated carbocycles. The van der Waals surface area contributed by atoms with Crippen molar-refractivity contribution in [2.75, 3.05) is 10.6 Å². The van der Waals surface area contributed by atoms with Crippen molar-refractivity contribution < 1.29 is 29.4 Å². The minimum atomic E-state index is -0.944. The van der Waals surface area contributed by atoms with E-state index in [-0.39, 0.29) is 23.3 Å². The van der Waals surface area contributed by atoms with E-state index >= 15 is 0 Å². The number of nitrogens with one attached hydrogen (secondary N) is 2. The molecule has 3 aliphatic carbocycles. The first kappa shape index (κ1) is 35.6. The summed E-state index contributed by atoms with van der Waals surface area (Å²) in [6, 6.07) is 23.3. The van der Waals surface area contributed by atoms with Crippen LogP contribution in [0.5, 0.6) is 0 Å². The van der Waals surface area contributed by atoms with Gasteiger partial charge in [-0.05, 0) is 136 Å². The summed E-state index contributed by atoms with van der Waals surface area (Å²) in [5.41, 5.74) is 6.21. The third kappa shape index (κ3) is 8.45. The average molecular weight is 720 g/mol. The molecule has 0 radical (unpaired) electrons. The topological polar surface area (TPSA) is 136 Å². The number of thiophene rings is 1. The Bertz CT molecular complexity index is 1960. The van der Waals surface area contributed by atoms with Gasteiger partial charge in [-0.25, -0.2) is 4.79 Å². The number of aryl methyl sites for hydroxylation is 3. The highest BCUT2D eigenvalue weighted by molar-refractivity contribution is 7.17. The monoisotopic (exact) mass is 719 g/mol. The lowest BCUT2D eigenvalue weighted by molar-refractivity contribution is -0.143. The normalized spacial score (nSPS) is 18.4. The Morgan fingerprint density at radius 1 is 0.692 bits per heavy atom. The molecule has 2 fully saturated rings. The van der Waals surface area contributed by atoms with Crippen LogP contribution in [0.4, 0.5) is 10.7 Å². The number of benzene rings is 3. The molecule has 0 unspecified atom stereocenters. The van der Waals surface area contributed by atoms with Crippen molar-refractivity contribution in [3.8, 4) is 0 Å². The summed E-state index contributed by atoms with van der Waals surface area (Å²) >= 11 is 1.50. The van der Waals surface area contributed by atoms with Crippen molar-refractivity contribution in [2.45, 2.75) is 95.7 Å². The number of aliphatic carboxylic acids is 1.